The molecular weight excluding hydrogens is 367 g/mol. The summed E-state index contributed by atoms with van der Waals surface area (Å²) < 4.78 is 46.3. The number of hydrogen-bond donors (Lipinski definition) is 1. The maximum Gasteiger partial charge on any atom is 0.246 e. The maximum absolute atomic E-state index is 13.1. The van der Waals surface area contributed by atoms with Crippen molar-refractivity contribution in [3.8, 4) is 5.75 Å². The van der Waals surface area contributed by atoms with Crippen LogP contribution in [0.15, 0.2) is 47.4 Å². The Morgan fingerprint density at radius 3 is 2.44 bits per heavy atom. The van der Waals surface area contributed by atoms with Crippen LogP contribution in [0, 0.1) is 5.82 Å². The normalized spacial score (nSPS) is 16.3. The molecule has 0 saturated carbocycles. The second kappa shape index (κ2) is 8.27. The molecule has 0 spiro atoms. The van der Waals surface area contributed by atoms with E-state index in [4.69, 9.17) is 4.74 Å². The van der Waals surface area contributed by atoms with Gasteiger partial charge >= 0.3 is 0 Å². The molecule has 27 heavy (non-hydrogen) atoms. The predicted molar refractivity (Wildman–Crippen MR) is 104 cm³/mol. The average Bonchev–Trinajstić information content (AvgIpc) is 3.19. The third-order valence-electron chi connectivity index (χ3n) is 4.68. The van der Waals surface area contributed by atoms with Gasteiger partial charge in [0, 0.05) is 24.8 Å². The Balaban J connectivity index is 1.89. The first-order valence-corrected chi connectivity index (χ1v) is 10.6. The fraction of sp³-hybridized carbons (Fsp3) is 0.400. The second-order valence-electron chi connectivity index (χ2n) is 6.62. The Labute approximate surface area is 160 Å². The largest absolute Gasteiger partial charge is 0.492 e. The molecule has 5 nitrogen and oxygen atoms in total. The van der Waals surface area contributed by atoms with Gasteiger partial charge < -0.3 is 10.1 Å². The van der Waals surface area contributed by atoms with Crippen LogP contribution < -0.4 is 10.1 Å². The number of anilines is 1. The molecule has 2 aromatic carbocycles. The van der Waals surface area contributed by atoms with Gasteiger partial charge in [-0.2, -0.15) is 4.31 Å². The highest BCUT2D eigenvalue weighted by Gasteiger charge is 2.30. The molecule has 0 aromatic heterocycles. The molecule has 1 aliphatic rings. The summed E-state index contributed by atoms with van der Waals surface area (Å²) >= 11 is 0. The summed E-state index contributed by atoms with van der Waals surface area (Å²) in [5.41, 5.74) is 1.59. The van der Waals surface area contributed by atoms with Gasteiger partial charge in [0.15, 0.2) is 0 Å². The number of ether oxygens (including phenoxy) is 1. The van der Waals surface area contributed by atoms with Crippen molar-refractivity contribution < 1.29 is 17.5 Å². The molecule has 2 aromatic rings. The molecule has 1 N–H and O–H groups in total. The van der Waals surface area contributed by atoms with Gasteiger partial charge in [-0.05, 0) is 62.6 Å². The molecule has 1 heterocycles. The van der Waals surface area contributed by atoms with Crippen molar-refractivity contribution in [2.24, 2.45) is 0 Å². The van der Waals surface area contributed by atoms with E-state index in [2.05, 4.69) is 5.32 Å². The standard InChI is InChI=1S/C20H25FN2O3S/c1-3-26-19-11-10-18(22-15(2)16-6-8-17(21)9-7-16)14-20(19)27(24,25)23-12-4-5-13-23/h6-11,14-15,22H,3-5,12-13H2,1-2H3. The Hall–Kier alpha value is -2.12. The Morgan fingerprint density at radius 2 is 1.81 bits per heavy atom. The monoisotopic (exact) mass is 392 g/mol. The molecular formula is C20H25FN2O3S. The van der Waals surface area contributed by atoms with Crippen molar-refractivity contribution in [1.82, 2.24) is 4.31 Å². The molecule has 1 atom stereocenters. The van der Waals surface area contributed by atoms with E-state index < -0.39 is 10.0 Å². The topological polar surface area (TPSA) is 58.6 Å². The van der Waals surface area contributed by atoms with Crippen molar-refractivity contribution in [1.29, 1.82) is 0 Å². The highest BCUT2D eigenvalue weighted by Crippen LogP contribution is 2.32. The smallest absolute Gasteiger partial charge is 0.246 e. The number of rotatable bonds is 7. The van der Waals surface area contributed by atoms with Crippen LogP contribution in [0.4, 0.5) is 10.1 Å². The molecule has 1 aliphatic heterocycles. The van der Waals surface area contributed by atoms with E-state index in [0.717, 1.165) is 18.4 Å². The summed E-state index contributed by atoms with van der Waals surface area (Å²) in [6.07, 6.45) is 1.76. The number of benzene rings is 2. The van der Waals surface area contributed by atoms with E-state index in [1.165, 1.54) is 16.4 Å². The summed E-state index contributed by atoms with van der Waals surface area (Å²) in [5, 5.41) is 3.29. The van der Waals surface area contributed by atoms with Gasteiger partial charge in [-0.3, -0.25) is 0 Å². The van der Waals surface area contributed by atoms with Crippen LogP contribution in [-0.4, -0.2) is 32.4 Å². The van der Waals surface area contributed by atoms with Crippen LogP contribution in [-0.2, 0) is 10.0 Å². The number of nitrogens with one attached hydrogen (secondary N) is 1. The van der Waals surface area contributed by atoms with Crippen molar-refractivity contribution in [3.05, 3.63) is 53.8 Å². The number of nitrogens with zero attached hydrogens (tertiary/aromatic N) is 1. The summed E-state index contributed by atoms with van der Waals surface area (Å²) in [7, 11) is -3.60. The summed E-state index contributed by atoms with van der Waals surface area (Å²) in [4.78, 5) is 0.183. The van der Waals surface area contributed by atoms with Gasteiger partial charge in [0.05, 0.1) is 6.61 Å². The Morgan fingerprint density at radius 1 is 1.15 bits per heavy atom. The highest BCUT2D eigenvalue weighted by molar-refractivity contribution is 7.89. The van der Waals surface area contributed by atoms with Gasteiger partial charge in [-0.15, -0.1) is 0 Å². The summed E-state index contributed by atoms with van der Waals surface area (Å²) in [6.45, 7) is 5.24. The SMILES string of the molecule is CCOc1ccc(NC(C)c2ccc(F)cc2)cc1S(=O)(=O)N1CCCC1. The second-order valence-corrected chi connectivity index (χ2v) is 8.53. The van der Waals surface area contributed by atoms with E-state index in [1.807, 2.05) is 13.8 Å². The molecule has 1 unspecified atom stereocenters. The van der Waals surface area contributed by atoms with Gasteiger partial charge in [0.25, 0.3) is 0 Å². The minimum Gasteiger partial charge on any atom is -0.492 e. The van der Waals surface area contributed by atoms with Crippen molar-refractivity contribution in [2.45, 2.75) is 37.6 Å². The number of halogens is 1. The molecule has 0 aliphatic carbocycles. The average molecular weight is 392 g/mol. The quantitative estimate of drug-likeness (QED) is 0.768. The number of hydrogen-bond acceptors (Lipinski definition) is 4. The third kappa shape index (κ3) is 4.42. The zero-order valence-corrected chi connectivity index (χ0v) is 16.4. The molecule has 0 radical (unpaired) electrons. The minimum absolute atomic E-state index is 0.106. The molecule has 1 saturated heterocycles. The molecule has 1 fully saturated rings. The van der Waals surface area contributed by atoms with E-state index in [9.17, 15) is 12.8 Å². The van der Waals surface area contributed by atoms with Crippen molar-refractivity contribution in [2.75, 3.05) is 25.0 Å². The summed E-state index contributed by atoms with van der Waals surface area (Å²) in [5.74, 6) is 0.0791. The molecule has 0 bridgehead atoms. The van der Waals surface area contributed by atoms with E-state index >= 15 is 0 Å². The molecule has 3 rings (SSSR count). The van der Waals surface area contributed by atoms with E-state index in [0.29, 0.717) is 31.1 Å². The van der Waals surface area contributed by atoms with Crippen molar-refractivity contribution >= 4 is 15.7 Å². The minimum atomic E-state index is -3.60. The fourth-order valence-electron chi connectivity index (χ4n) is 3.23. The zero-order chi connectivity index (χ0) is 19.4. The maximum atomic E-state index is 13.1. The van der Waals surface area contributed by atoms with Gasteiger partial charge in [0.2, 0.25) is 10.0 Å². The Kier molecular flexibility index (Phi) is 6.01. The molecule has 7 heteroatoms. The lowest BCUT2D eigenvalue weighted by Gasteiger charge is -2.21. The van der Waals surface area contributed by atoms with Gasteiger partial charge in [0.1, 0.15) is 16.5 Å². The first-order valence-electron chi connectivity index (χ1n) is 9.21. The van der Waals surface area contributed by atoms with E-state index in [-0.39, 0.29) is 16.8 Å². The summed E-state index contributed by atoms with van der Waals surface area (Å²) in [6, 6.07) is 11.3. The van der Waals surface area contributed by atoms with Crippen LogP contribution in [0.1, 0.15) is 38.3 Å². The van der Waals surface area contributed by atoms with Gasteiger partial charge in [-0.1, -0.05) is 12.1 Å². The van der Waals surface area contributed by atoms with Crippen LogP contribution >= 0.6 is 0 Å². The number of sulfonamides is 1. The fourth-order valence-corrected chi connectivity index (χ4v) is 4.90. The molecule has 0 amide bonds. The first kappa shape index (κ1) is 19.6. The molecule has 146 valence electrons. The van der Waals surface area contributed by atoms with Gasteiger partial charge in [-0.25, -0.2) is 12.8 Å². The van der Waals surface area contributed by atoms with Crippen LogP contribution in [0.25, 0.3) is 0 Å². The lowest BCUT2D eigenvalue weighted by atomic mass is 10.1. The van der Waals surface area contributed by atoms with Crippen LogP contribution in [0.2, 0.25) is 0 Å². The highest BCUT2D eigenvalue weighted by atomic mass is 32.2. The lowest BCUT2D eigenvalue weighted by Crippen LogP contribution is -2.28. The Bertz CT molecular complexity index is 879. The predicted octanol–water partition coefficient (Wildman–Crippen LogP) is 4.18. The van der Waals surface area contributed by atoms with E-state index in [1.54, 1.807) is 30.3 Å². The van der Waals surface area contributed by atoms with Crippen LogP contribution in [0.5, 0.6) is 5.75 Å². The lowest BCUT2D eigenvalue weighted by molar-refractivity contribution is 0.329. The first-order chi connectivity index (χ1) is 12.9. The van der Waals surface area contributed by atoms with Crippen molar-refractivity contribution in [3.63, 3.8) is 0 Å². The zero-order valence-electron chi connectivity index (χ0n) is 15.6. The van der Waals surface area contributed by atoms with Crippen LogP contribution in [0.3, 0.4) is 0 Å². The third-order valence-corrected chi connectivity index (χ3v) is 6.60.